The number of fused-ring (bicyclic) bond motifs is 8. The number of methoxy groups -OCH3 is 2. The van der Waals surface area contributed by atoms with Crippen molar-refractivity contribution in [2.75, 3.05) is 14.2 Å². The van der Waals surface area contributed by atoms with Crippen molar-refractivity contribution < 1.29 is 19.1 Å². The van der Waals surface area contributed by atoms with Crippen LogP contribution in [0.5, 0.6) is 0 Å². The number of allylic oxidation sites excluding steroid dienone is 4. The number of carbonyl (C=O) groups excluding carboxylic acids is 2. The van der Waals surface area contributed by atoms with Gasteiger partial charge in [-0.05, 0) is 81.7 Å². The predicted octanol–water partition coefficient (Wildman–Crippen LogP) is 7.08. The lowest BCUT2D eigenvalue weighted by Crippen LogP contribution is -2.02. The molecule has 2 aliphatic heterocycles. The standard InChI is InChI=1S/C36H40N4O4/c1-9-23-19(3)27-15-29-21(5)25(11-13-35(41)43-7)33(39-29)18-34-26(12-14-36(42)44-8)22(6)30(40-34)16-28-20(4)24(10-2)32(38-28)17-31(23)37-27/h15-18H,9-14H2,1-8H3/q-2. The highest BCUT2D eigenvalue weighted by Gasteiger charge is 2.19. The Bertz CT molecular complexity index is 1750. The van der Waals surface area contributed by atoms with Crippen LogP contribution < -0.4 is 9.97 Å². The maximum atomic E-state index is 12.2. The third-order valence-electron chi connectivity index (χ3n) is 8.96. The molecule has 0 saturated carbocycles. The summed E-state index contributed by atoms with van der Waals surface area (Å²) in [7, 11) is 2.80. The first-order chi connectivity index (χ1) is 21.1. The van der Waals surface area contributed by atoms with Gasteiger partial charge in [0.05, 0.1) is 37.0 Å². The lowest BCUT2D eigenvalue weighted by Gasteiger charge is -2.08. The van der Waals surface area contributed by atoms with Crippen LogP contribution in [0, 0.1) is 13.8 Å². The van der Waals surface area contributed by atoms with Gasteiger partial charge in [-0.25, -0.2) is 9.97 Å². The Hall–Kier alpha value is -4.46. The summed E-state index contributed by atoms with van der Waals surface area (Å²) >= 11 is 0. The molecule has 0 fully saturated rings. The Balaban J connectivity index is 1.90. The molecule has 2 aliphatic rings. The zero-order valence-electron chi connectivity index (χ0n) is 27.0. The fourth-order valence-electron chi connectivity index (χ4n) is 6.25. The second-order valence-corrected chi connectivity index (χ2v) is 11.4. The van der Waals surface area contributed by atoms with Gasteiger partial charge >= 0.3 is 11.9 Å². The highest BCUT2D eigenvalue weighted by molar-refractivity contribution is 5.95. The van der Waals surface area contributed by atoms with Crippen LogP contribution in [0.15, 0.2) is 24.3 Å². The van der Waals surface area contributed by atoms with E-state index >= 15 is 0 Å². The molecular formula is C36H40N4O4-2. The average molecular weight is 593 g/mol. The zero-order chi connectivity index (χ0) is 31.7. The summed E-state index contributed by atoms with van der Waals surface area (Å²) in [6, 6.07) is 8.19. The van der Waals surface area contributed by atoms with Crippen LogP contribution in [-0.2, 0) is 31.9 Å². The summed E-state index contributed by atoms with van der Waals surface area (Å²) in [4.78, 5) is 44.6. The first kappa shape index (κ1) is 31.0. The molecule has 5 heterocycles. The Morgan fingerprint density at radius 2 is 1.02 bits per heavy atom. The second kappa shape index (κ2) is 12.6. The molecule has 0 aromatic carbocycles. The number of nitrogens with zero attached hydrogens (tertiary/aromatic N) is 4. The molecule has 0 atom stereocenters. The number of rotatable bonds is 8. The lowest BCUT2D eigenvalue weighted by molar-refractivity contribution is -0.141. The summed E-state index contributed by atoms with van der Waals surface area (Å²) in [5.41, 5.74) is 15.3. The van der Waals surface area contributed by atoms with Crippen molar-refractivity contribution in [3.63, 3.8) is 0 Å². The highest BCUT2D eigenvalue weighted by Crippen LogP contribution is 2.37. The number of ether oxygens (including phenoxy) is 2. The minimum absolute atomic E-state index is 0.238. The Morgan fingerprint density at radius 3 is 1.39 bits per heavy atom. The van der Waals surface area contributed by atoms with Gasteiger partial charge in [-0.1, -0.05) is 54.3 Å². The van der Waals surface area contributed by atoms with Crippen LogP contribution in [-0.4, -0.2) is 36.1 Å². The van der Waals surface area contributed by atoms with Gasteiger partial charge in [-0.2, -0.15) is 0 Å². The van der Waals surface area contributed by atoms with E-state index in [0.717, 1.165) is 91.1 Å². The van der Waals surface area contributed by atoms with Crippen LogP contribution in [0.4, 0.5) is 0 Å². The number of hydrogen-bond donors (Lipinski definition) is 0. The van der Waals surface area contributed by atoms with Crippen molar-refractivity contribution in [3.05, 3.63) is 69.3 Å². The molecule has 0 unspecified atom stereocenters. The van der Waals surface area contributed by atoms with E-state index in [2.05, 4.69) is 33.8 Å². The zero-order valence-corrected chi connectivity index (χ0v) is 27.0. The second-order valence-electron chi connectivity index (χ2n) is 11.4. The summed E-state index contributed by atoms with van der Waals surface area (Å²) in [5.74, 6) is -0.550. The molecule has 0 radical (unpaired) electrons. The molecule has 44 heavy (non-hydrogen) atoms. The number of aromatic nitrogens is 4. The minimum atomic E-state index is -0.275. The average Bonchev–Trinajstić information content (AvgIpc) is 3.67. The quantitative estimate of drug-likeness (QED) is 0.255. The van der Waals surface area contributed by atoms with Crippen LogP contribution in [0.25, 0.3) is 44.4 Å². The first-order valence-electron chi connectivity index (χ1n) is 15.3. The summed E-state index contributed by atoms with van der Waals surface area (Å²) in [5, 5.41) is 0. The molecule has 0 aliphatic carbocycles. The first-order valence-corrected chi connectivity index (χ1v) is 15.3. The smallest absolute Gasteiger partial charge is 0.305 e. The van der Waals surface area contributed by atoms with Gasteiger partial charge in [0.2, 0.25) is 0 Å². The van der Waals surface area contributed by atoms with E-state index in [9.17, 15) is 9.59 Å². The minimum Gasteiger partial charge on any atom is -0.657 e. The van der Waals surface area contributed by atoms with Gasteiger partial charge in [-0.3, -0.25) is 9.59 Å². The van der Waals surface area contributed by atoms with E-state index in [-0.39, 0.29) is 24.8 Å². The van der Waals surface area contributed by atoms with Crippen molar-refractivity contribution in [2.24, 2.45) is 0 Å². The van der Waals surface area contributed by atoms with Gasteiger partial charge in [0, 0.05) is 12.8 Å². The maximum absolute atomic E-state index is 12.2. The van der Waals surface area contributed by atoms with Crippen molar-refractivity contribution in [1.82, 2.24) is 19.9 Å². The number of aryl methyl sites for hydroxylation is 4. The molecule has 8 heteroatoms. The molecule has 230 valence electrons. The van der Waals surface area contributed by atoms with Gasteiger partial charge in [0.1, 0.15) is 0 Å². The van der Waals surface area contributed by atoms with Crippen LogP contribution in [0.3, 0.4) is 0 Å². The fourth-order valence-corrected chi connectivity index (χ4v) is 6.25. The van der Waals surface area contributed by atoms with Crippen LogP contribution >= 0.6 is 0 Å². The van der Waals surface area contributed by atoms with E-state index in [1.807, 2.05) is 32.0 Å². The Kier molecular flexibility index (Phi) is 8.90. The molecule has 0 amide bonds. The van der Waals surface area contributed by atoms with Gasteiger partial charge in [-0.15, -0.1) is 22.1 Å². The number of hydrogen-bond acceptors (Lipinski definition) is 6. The highest BCUT2D eigenvalue weighted by atomic mass is 16.5. The van der Waals surface area contributed by atoms with Gasteiger partial charge in [0.15, 0.2) is 0 Å². The van der Waals surface area contributed by atoms with Crippen molar-refractivity contribution in [1.29, 1.82) is 0 Å². The summed E-state index contributed by atoms with van der Waals surface area (Å²) < 4.78 is 9.89. The van der Waals surface area contributed by atoms with E-state index in [4.69, 9.17) is 29.4 Å². The maximum Gasteiger partial charge on any atom is 0.305 e. The van der Waals surface area contributed by atoms with E-state index in [1.54, 1.807) is 0 Å². The predicted molar refractivity (Wildman–Crippen MR) is 175 cm³/mol. The summed E-state index contributed by atoms with van der Waals surface area (Å²) in [6.07, 6.45) is 3.13. The van der Waals surface area contributed by atoms with Gasteiger partial charge < -0.3 is 19.4 Å². The SMILES string of the molecule is CCC1=C(C)c2cc3[n-]c(cc4[n-]c(cc5nc(cc1n2)C(CC)=C5C)c(C)c4CCC(=O)OC)c(CCC(=O)OC)c3C. The van der Waals surface area contributed by atoms with E-state index in [0.29, 0.717) is 12.8 Å². The third kappa shape index (κ3) is 5.73. The van der Waals surface area contributed by atoms with Gasteiger partial charge in [0.25, 0.3) is 0 Å². The molecule has 0 N–H and O–H groups in total. The van der Waals surface area contributed by atoms with Crippen molar-refractivity contribution in [2.45, 2.75) is 80.1 Å². The van der Waals surface area contributed by atoms with E-state index < -0.39 is 0 Å². The molecule has 3 aromatic rings. The third-order valence-corrected chi connectivity index (χ3v) is 8.96. The largest absolute Gasteiger partial charge is 0.657 e. The summed E-state index contributed by atoms with van der Waals surface area (Å²) in [6.45, 7) is 12.6. The normalized spacial score (nSPS) is 13.1. The monoisotopic (exact) mass is 592 g/mol. The van der Waals surface area contributed by atoms with Crippen molar-refractivity contribution >= 4 is 56.3 Å². The molecule has 8 bridgehead atoms. The number of carbonyl (C=O) groups is 2. The molecule has 0 saturated heterocycles. The molecule has 0 spiro atoms. The Morgan fingerprint density at radius 1 is 0.614 bits per heavy atom. The topological polar surface area (TPSA) is 107 Å². The Labute approximate surface area is 258 Å². The van der Waals surface area contributed by atoms with Crippen LogP contribution in [0.2, 0.25) is 0 Å². The molecule has 8 nitrogen and oxygen atoms in total. The molecule has 5 rings (SSSR count). The molecular weight excluding hydrogens is 552 g/mol. The number of esters is 2. The lowest BCUT2D eigenvalue weighted by atomic mass is 10.0. The molecule has 3 aromatic heterocycles. The van der Waals surface area contributed by atoms with Crippen LogP contribution in [0.1, 0.15) is 98.4 Å². The fraction of sp³-hybridized carbons (Fsp3) is 0.389. The van der Waals surface area contributed by atoms with Crippen molar-refractivity contribution in [3.8, 4) is 0 Å². The van der Waals surface area contributed by atoms with E-state index in [1.165, 1.54) is 25.4 Å².